The van der Waals surface area contributed by atoms with Gasteiger partial charge in [-0.15, -0.1) is 10.2 Å². The fraction of sp³-hybridized carbons (Fsp3) is 0.364. The zero-order valence-electron chi connectivity index (χ0n) is 19.1. The van der Waals surface area contributed by atoms with Crippen molar-refractivity contribution >= 4 is 11.8 Å². The minimum absolute atomic E-state index is 0.0638. The molecule has 2 aromatic heterocycles. The molecule has 3 aromatic rings. The van der Waals surface area contributed by atoms with E-state index in [2.05, 4.69) is 25.7 Å². The first kappa shape index (κ1) is 24.2. The Labute approximate surface area is 199 Å². The molecule has 1 fully saturated rings. The highest BCUT2D eigenvalue weighted by Crippen LogP contribution is 2.19. The monoisotopic (exact) mass is 485 g/mol. The Balaban J connectivity index is 1.40. The molecule has 12 nitrogen and oxygen atoms in total. The van der Waals surface area contributed by atoms with Gasteiger partial charge < -0.3 is 25.3 Å². The summed E-state index contributed by atoms with van der Waals surface area (Å²) in [4.78, 5) is 29.5. The number of primary amides is 1. The molecular formula is C22H24FN7O5. The summed E-state index contributed by atoms with van der Waals surface area (Å²) in [6.45, 7) is 2.40. The zero-order chi connectivity index (χ0) is 24.9. The number of nitrogens with two attached hydrogens (primary N) is 1. The van der Waals surface area contributed by atoms with Gasteiger partial charge in [0.2, 0.25) is 11.7 Å². The maximum absolute atomic E-state index is 13.6. The number of amides is 2. The van der Waals surface area contributed by atoms with Gasteiger partial charge in [-0.05, 0) is 42.0 Å². The van der Waals surface area contributed by atoms with Gasteiger partial charge in [0.25, 0.3) is 5.91 Å². The van der Waals surface area contributed by atoms with Gasteiger partial charge in [0.05, 0.1) is 26.9 Å². The van der Waals surface area contributed by atoms with Gasteiger partial charge in [-0.2, -0.15) is 4.80 Å². The number of methoxy groups -OCH3 is 1. The first-order valence-corrected chi connectivity index (χ1v) is 10.7. The first-order valence-electron chi connectivity index (χ1n) is 10.7. The maximum Gasteiger partial charge on any atom is 0.270 e. The van der Waals surface area contributed by atoms with Crippen molar-refractivity contribution in [1.82, 2.24) is 30.5 Å². The van der Waals surface area contributed by atoms with Crippen LogP contribution in [0, 0.1) is 12.7 Å². The number of tetrazole rings is 1. The highest BCUT2D eigenvalue weighted by Gasteiger charge is 2.27. The topological polar surface area (TPSA) is 156 Å². The van der Waals surface area contributed by atoms with Gasteiger partial charge in [0, 0.05) is 17.8 Å². The second-order valence-corrected chi connectivity index (χ2v) is 7.88. The number of ether oxygens (including phenoxy) is 3. The molecule has 0 aliphatic carbocycles. The molecule has 13 heteroatoms. The molecule has 3 N–H and O–H groups in total. The molecule has 0 unspecified atom stereocenters. The number of rotatable bonds is 8. The van der Waals surface area contributed by atoms with Crippen LogP contribution in [0.2, 0.25) is 0 Å². The van der Waals surface area contributed by atoms with Crippen molar-refractivity contribution in [2.45, 2.75) is 32.2 Å². The van der Waals surface area contributed by atoms with Crippen LogP contribution < -0.4 is 15.8 Å². The van der Waals surface area contributed by atoms with Crippen molar-refractivity contribution in [3.05, 3.63) is 53.1 Å². The lowest BCUT2D eigenvalue weighted by Gasteiger charge is -2.27. The summed E-state index contributed by atoms with van der Waals surface area (Å²) in [7, 11) is 1.37. The van der Waals surface area contributed by atoms with Gasteiger partial charge in [-0.3, -0.25) is 9.59 Å². The number of nitrogens with one attached hydrogen (secondary N) is 1. The third-order valence-electron chi connectivity index (χ3n) is 5.22. The second kappa shape index (κ2) is 10.5. The van der Waals surface area contributed by atoms with Crippen molar-refractivity contribution < 1.29 is 28.2 Å². The molecule has 1 aliphatic rings. The summed E-state index contributed by atoms with van der Waals surface area (Å²) in [5, 5.41) is 15.2. The van der Waals surface area contributed by atoms with Crippen LogP contribution >= 0.6 is 0 Å². The zero-order valence-corrected chi connectivity index (χ0v) is 19.1. The number of carbonyl (C=O) groups is 2. The largest absolute Gasteiger partial charge is 0.494 e. The summed E-state index contributed by atoms with van der Waals surface area (Å²) in [5.41, 5.74) is 7.21. The summed E-state index contributed by atoms with van der Waals surface area (Å²) >= 11 is 0. The number of aromatic nitrogens is 5. The fourth-order valence-corrected chi connectivity index (χ4v) is 3.43. The van der Waals surface area contributed by atoms with E-state index >= 15 is 0 Å². The van der Waals surface area contributed by atoms with Crippen LogP contribution in [0.1, 0.15) is 21.7 Å². The van der Waals surface area contributed by atoms with E-state index in [0.29, 0.717) is 22.6 Å². The van der Waals surface area contributed by atoms with Gasteiger partial charge in [0.1, 0.15) is 11.8 Å². The Kier molecular flexibility index (Phi) is 7.27. The number of hydrogen-bond donors (Lipinski definition) is 2. The second-order valence-electron chi connectivity index (χ2n) is 7.88. The molecule has 2 atom stereocenters. The van der Waals surface area contributed by atoms with E-state index in [0.717, 1.165) is 0 Å². The quantitative estimate of drug-likeness (QED) is 0.461. The minimum Gasteiger partial charge on any atom is -0.494 e. The summed E-state index contributed by atoms with van der Waals surface area (Å²) < 4.78 is 29.5. The highest BCUT2D eigenvalue weighted by molar-refractivity contribution is 5.93. The average molecular weight is 485 g/mol. The average Bonchev–Trinajstić information content (AvgIpc) is 3.31. The molecule has 0 bridgehead atoms. The molecule has 184 valence electrons. The van der Waals surface area contributed by atoms with Crippen LogP contribution in [0.4, 0.5) is 4.39 Å². The molecular weight excluding hydrogens is 461 g/mol. The van der Waals surface area contributed by atoms with E-state index in [1.54, 1.807) is 25.1 Å². The number of pyridine rings is 1. The summed E-state index contributed by atoms with van der Waals surface area (Å²) in [6, 6.07) is 7.65. The van der Waals surface area contributed by atoms with E-state index in [9.17, 15) is 14.0 Å². The highest BCUT2D eigenvalue weighted by atomic mass is 19.1. The number of benzene rings is 1. The number of halogens is 1. The number of aryl methyl sites for hydroxylation is 1. The standard InChI is InChI=1S/C22H24FN7O5/c1-12-5-14(21-27-29-30(28-21)9-15-10-35-19(11-34-15)20(24)31)7-17(26-12)22(32)25-8-13-3-4-16(23)18(6-13)33-2/h3-7,15,19H,8-11H2,1-2H3,(H2,24,31)(H,25,32)/t15-,19-/m0/s1. The van der Waals surface area contributed by atoms with Crippen molar-refractivity contribution in [3.8, 4) is 17.1 Å². The fourth-order valence-electron chi connectivity index (χ4n) is 3.43. The third kappa shape index (κ3) is 5.94. The van der Waals surface area contributed by atoms with Gasteiger partial charge in [0.15, 0.2) is 17.7 Å². The molecule has 3 heterocycles. The van der Waals surface area contributed by atoms with E-state index in [-0.39, 0.29) is 43.9 Å². The molecule has 1 aliphatic heterocycles. The predicted molar refractivity (Wildman–Crippen MR) is 119 cm³/mol. The molecule has 1 saturated heterocycles. The van der Waals surface area contributed by atoms with Crippen LogP contribution in [0.25, 0.3) is 11.4 Å². The maximum atomic E-state index is 13.6. The SMILES string of the molecule is COc1cc(CNC(=O)c2cc(-c3nnn(C[C@H]4CO[C@H](C(N)=O)CO4)n3)cc(C)n2)ccc1F. The Bertz CT molecular complexity index is 1230. The van der Waals surface area contributed by atoms with Crippen LogP contribution in [0.3, 0.4) is 0 Å². The van der Waals surface area contributed by atoms with Crippen LogP contribution in [-0.2, 0) is 27.4 Å². The first-order chi connectivity index (χ1) is 16.8. The Morgan fingerprint density at radius 2 is 2.09 bits per heavy atom. The summed E-state index contributed by atoms with van der Waals surface area (Å²) in [6.07, 6.45) is -1.13. The number of nitrogens with zero attached hydrogens (tertiary/aromatic N) is 5. The Morgan fingerprint density at radius 3 is 2.80 bits per heavy atom. The van der Waals surface area contributed by atoms with Gasteiger partial charge >= 0.3 is 0 Å². The van der Waals surface area contributed by atoms with Crippen LogP contribution in [0.15, 0.2) is 30.3 Å². The molecule has 0 radical (unpaired) electrons. The predicted octanol–water partition coefficient (Wildman–Crippen LogP) is 0.391. The van der Waals surface area contributed by atoms with Gasteiger partial charge in [-0.1, -0.05) is 6.07 Å². The van der Waals surface area contributed by atoms with Crippen molar-refractivity contribution in [2.75, 3.05) is 20.3 Å². The van der Waals surface area contributed by atoms with E-state index in [1.165, 1.54) is 24.0 Å². The van der Waals surface area contributed by atoms with E-state index < -0.39 is 23.7 Å². The third-order valence-corrected chi connectivity index (χ3v) is 5.22. The summed E-state index contributed by atoms with van der Waals surface area (Å²) in [5.74, 6) is -1.07. The van der Waals surface area contributed by atoms with Crippen molar-refractivity contribution in [1.29, 1.82) is 0 Å². The normalized spacial score (nSPS) is 17.7. The van der Waals surface area contributed by atoms with E-state index in [1.807, 2.05) is 0 Å². The molecule has 0 saturated carbocycles. The molecule has 1 aromatic carbocycles. The molecule has 2 amide bonds. The lowest BCUT2D eigenvalue weighted by atomic mass is 10.1. The number of carbonyl (C=O) groups excluding carboxylic acids is 2. The van der Waals surface area contributed by atoms with Gasteiger partial charge in [-0.25, -0.2) is 9.37 Å². The Morgan fingerprint density at radius 1 is 1.26 bits per heavy atom. The smallest absolute Gasteiger partial charge is 0.270 e. The molecule has 4 rings (SSSR count). The van der Waals surface area contributed by atoms with Crippen molar-refractivity contribution in [2.24, 2.45) is 5.73 Å². The lowest BCUT2D eigenvalue weighted by molar-refractivity contribution is -0.160. The lowest BCUT2D eigenvalue weighted by Crippen LogP contribution is -2.44. The van der Waals surface area contributed by atoms with E-state index in [4.69, 9.17) is 19.9 Å². The minimum atomic E-state index is -0.764. The Hall–Kier alpha value is -3.97. The molecule has 0 spiro atoms. The van der Waals surface area contributed by atoms with Crippen LogP contribution in [0.5, 0.6) is 5.75 Å². The number of hydrogen-bond acceptors (Lipinski definition) is 9. The molecule has 35 heavy (non-hydrogen) atoms. The van der Waals surface area contributed by atoms with Crippen molar-refractivity contribution in [3.63, 3.8) is 0 Å². The van der Waals surface area contributed by atoms with Crippen LogP contribution in [-0.4, -0.2) is 69.5 Å².